The Balaban J connectivity index is 2.51. The van der Waals surface area contributed by atoms with Crippen LogP contribution in [0.25, 0.3) is 0 Å². The summed E-state index contributed by atoms with van der Waals surface area (Å²) in [6.45, 7) is 3.59. The summed E-state index contributed by atoms with van der Waals surface area (Å²) >= 11 is 1.59. The van der Waals surface area contributed by atoms with Crippen LogP contribution in [-0.4, -0.2) is 25.9 Å². The Morgan fingerprint density at radius 3 is 2.67 bits per heavy atom. The lowest BCUT2D eigenvalue weighted by Gasteiger charge is -2.18. The van der Waals surface area contributed by atoms with Crippen molar-refractivity contribution in [3.05, 3.63) is 21.9 Å². The maximum atomic E-state index is 12.0. The van der Waals surface area contributed by atoms with Gasteiger partial charge in [0.1, 0.15) is 6.61 Å². The highest BCUT2D eigenvalue weighted by molar-refractivity contribution is 7.10. The van der Waals surface area contributed by atoms with Crippen LogP contribution < -0.4 is 5.32 Å². The molecule has 2 nitrogen and oxygen atoms in total. The quantitative estimate of drug-likeness (QED) is 0.823. The summed E-state index contributed by atoms with van der Waals surface area (Å²) in [4.78, 5) is 1.14. The van der Waals surface area contributed by atoms with Gasteiger partial charge < -0.3 is 10.1 Å². The smallest absolute Gasteiger partial charge is 0.370 e. The predicted molar refractivity (Wildman–Crippen MR) is 67.0 cm³/mol. The Hall–Kier alpha value is -0.590. The molecule has 0 saturated heterocycles. The Morgan fingerprint density at radius 2 is 2.17 bits per heavy atom. The number of ether oxygens (including phenoxy) is 1. The number of alkyl halides is 3. The molecule has 0 aromatic carbocycles. The fourth-order valence-corrected chi connectivity index (χ4v) is 2.29. The first kappa shape index (κ1) is 15.5. The second kappa shape index (κ2) is 7.11. The zero-order valence-corrected chi connectivity index (χ0v) is 11.3. The third-order valence-corrected chi connectivity index (χ3v) is 3.22. The van der Waals surface area contributed by atoms with E-state index in [1.807, 2.05) is 25.3 Å². The van der Waals surface area contributed by atoms with Gasteiger partial charge in [-0.05, 0) is 36.9 Å². The average Bonchev–Trinajstić information content (AvgIpc) is 2.68. The van der Waals surface area contributed by atoms with Crippen molar-refractivity contribution in [2.75, 3.05) is 19.8 Å². The Labute approximate surface area is 109 Å². The molecule has 104 valence electrons. The molecule has 0 aliphatic heterocycles. The van der Waals surface area contributed by atoms with Gasteiger partial charge in [0.05, 0.1) is 12.6 Å². The van der Waals surface area contributed by atoms with Gasteiger partial charge in [0, 0.05) is 4.88 Å². The maximum Gasteiger partial charge on any atom is 0.411 e. The molecular formula is C12H18F3NOS. The molecule has 0 fully saturated rings. The van der Waals surface area contributed by atoms with Gasteiger partial charge in [0.15, 0.2) is 0 Å². The van der Waals surface area contributed by atoms with E-state index in [2.05, 4.69) is 5.32 Å². The first-order valence-electron chi connectivity index (χ1n) is 5.85. The monoisotopic (exact) mass is 281 g/mol. The number of aryl methyl sites for hydroxylation is 1. The second-order valence-electron chi connectivity index (χ2n) is 4.13. The number of nitrogens with one attached hydrogen (secondary N) is 1. The van der Waals surface area contributed by atoms with Crippen LogP contribution in [0.15, 0.2) is 11.4 Å². The normalized spacial score (nSPS) is 13.8. The van der Waals surface area contributed by atoms with E-state index < -0.39 is 12.8 Å². The summed E-state index contributed by atoms with van der Waals surface area (Å²) < 4.78 is 40.8. The van der Waals surface area contributed by atoms with Crippen molar-refractivity contribution in [2.24, 2.45) is 0 Å². The minimum atomic E-state index is -4.26. The molecule has 0 amide bonds. The average molecular weight is 281 g/mol. The SMILES string of the molecule is CCCNC(COCC(F)(F)F)c1csc(C)c1. The summed E-state index contributed by atoms with van der Waals surface area (Å²) in [6, 6.07) is 1.81. The molecule has 0 bridgehead atoms. The van der Waals surface area contributed by atoms with Crippen LogP contribution in [0.3, 0.4) is 0 Å². The maximum absolute atomic E-state index is 12.0. The number of hydrogen-bond acceptors (Lipinski definition) is 3. The van der Waals surface area contributed by atoms with Crippen molar-refractivity contribution in [1.82, 2.24) is 5.32 Å². The Bertz CT molecular complexity index is 351. The topological polar surface area (TPSA) is 21.3 Å². The largest absolute Gasteiger partial charge is 0.411 e. The van der Waals surface area contributed by atoms with E-state index in [4.69, 9.17) is 4.74 Å². The van der Waals surface area contributed by atoms with E-state index in [0.29, 0.717) is 0 Å². The van der Waals surface area contributed by atoms with Gasteiger partial charge in [-0.15, -0.1) is 11.3 Å². The van der Waals surface area contributed by atoms with Gasteiger partial charge >= 0.3 is 6.18 Å². The van der Waals surface area contributed by atoms with E-state index in [-0.39, 0.29) is 12.6 Å². The van der Waals surface area contributed by atoms with Crippen LogP contribution in [0.5, 0.6) is 0 Å². The van der Waals surface area contributed by atoms with Crippen LogP contribution in [0.4, 0.5) is 13.2 Å². The minimum Gasteiger partial charge on any atom is -0.370 e. The van der Waals surface area contributed by atoms with E-state index in [1.165, 1.54) is 0 Å². The standard InChI is InChI=1S/C12H18F3NOS/c1-3-4-16-11(6-17-8-12(13,14)15)10-5-9(2)18-7-10/h5,7,11,16H,3-4,6,8H2,1-2H3. The summed E-state index contributed by atoms with van der Waals surface area (Å²) in [6.07, 6.45) is -3.33. The van der Waals surface area contributed by atoms with Crippen LogP contribution in [0, 0.1) is 6.92 Å². The molecule has 1 heterocycles. The first-order valence-corrected chi connectivity index (χ1v) is 6.73. The van der Waals surface area contributed by atoms with Crippen LogP contribution in [-0.2, 0) is 4.74 Å². The summed E-state index contributed by atoms with van der Waals surface area (Å²) in [5.74, 6) is 0. The zero-order valence-electron chi connectivity index (χ0n) is 10.5. The lowest BCUT2D eigenvalue weighted by atomic mass is 10.1. The highest BCUT2D eigenvalue weighted by Crippen LogP contribution is 2.22. The van der Waals surface area contributed by atoms with Crippen molar-refractivity contribution in [3.63, 3.8) is 0 Å². The zero-order chi connectivity index (χ0) is 13.6. The highest BCUT2D eigenvalue weighted by atomic mass is 32.1. The van der Waals surface area contributed by atoms with Crippen molar-refractivity contribution in [3.8, 4) is 0 Å². The molecule has 1 N–H and O–H groups in total. The fraction of sp³-hybridized carbons (Fsp3) is 0.667. The van der Waals surface area contributed by atoms with E-state index in [1.54, 1.807) is 11.3 Å². The van der Waals surface area contributed by atoms with Gasteiger partial charge in [-0.1, -0.05) is 6.92 Å². The van der Waals surface area contributed by atoms with Crippen molar-refractivity contribution in [1.29, 1.82) is 0 Å². The highest BCUT2D eigenvalue weighted by Gasteiger charge is 2.28. The van der Waals surface area contributed by atoms with Gasteiger partial charge in [0.25, 0.3) is 0 Å². The van der Waals surface area contributed by atoms with Gasteiger partial charge in [-0.25, -0.2) is 0 Å². The molecule has 0 spiro atoms. The third kappa shape index (κ3) is 5.84. The van der Waals surface area contributed by atoms with Gasteiger partial charge in [-0.3, -0.25) is 0 Å². The van der Waals surface area contributed by atoms with Crippen molar-refractivity contribution in [2.45, 2.75) is 32.5 Å². The lowest BCUT2D eigenvalue weighted by molar-refractivity contribution is -0.175. The Morgan fingerprint density at radius 1 is 1.44 bits per heavy atom. The number of thiophene rings is 1. The van der Waals surface area contributed by atoms with E-state index in [9.17, 15) is 13.2 Å². The van der Waals surface area contributed by atoms with Gasteiger partial charge in [-0.2, -0.15) is 13.2 Å². The molecule has 1 rings (SSSR count). The van der Waals surface area contributed by atoms with E-state index in [0.717, 1.165) is 23.4 Å². The molecular weight excluding hydrogens is 263 g/mol. The van der Waals surface area contributed by atoms with Crippen molar-refractivity contribution < 1.29 is 17.9 Å². The Kier molecular flexibility index (Phi) is 6.11. The molecule has 0 aliphatic carbocycles. The van der Waals surface area contributed by atoms with E-state index >= 15 is 0 Å². The molecule has 0 aliphatic rings. The summed E-state index contributed by atoms with van der Waals surface area (Å²) in [7, 11) is 0. The number of halogens is 3. The third-order valence-electron chi connectivity index (χ3n) is 2.34. The molecule has 1 aromatic rings. The van der Waals surface area contributed by atoms with Gasteiger partial charge in [0.2, 0.25) is 0 Å². The lowest BCUT2D eigenvalue weighted by Crippen LogP contribution is -2.28. The molecule has 6 heteroatoms. The molecule has 1 unspecified atom stereocenters. The summed E-state index contributed by atoms with van der Waals surface area (Å²) in [5.41, 5.74) is 0.994. The van der Waals surface area contributed by atoms with Crippen LogP contribution in [0.2, 0.25) is 0 Å². The minimum absolute atomic E-state index is 0.0374. The predicted octanol–water partition coefficient (Wildman–Crippen LogP) is 3.68. The second-order valence-corrected chi connectivity index (χ2v) is 5.24. The number of rotatable bonds is 7. The molecule has 0 saturated carbocycles. The van der Waals surface area contributed by atoms with Crippen LogP contribution in [0.1, 0.15) is 29.8 Å². The fourth-order valence-electron chi connectivity index (χ4n) is 1.53. The summed E-state index contributed by atoms with van der Waals surface area (Å²) in [5, 5.41) is 5.16. The van der Waals surface area contributed by atoms with Crippen molar-refractivity contribution >= 4 is 11.3 Å². The molecule has 1 atom stereocenters. The molecule has 1 aromatic heterocycles. The first-order chi connectivity index (χ1) is 8.42. The number of hydrogen-bond donors (Lipinski definition) is 1. The molecule has 18 heavy (non-hydrogen) atoms. The van der Waals surface area contributed by atoms with Crippen LogP contribution >= 0.6 is 11.3 Å². The molecule has 0 radical (unpaired) electrons.